The highest BCUT2D eigenvalue weighted by molar-refractivity contribution is 5.91. The van der Waals surface area contributed by atoms with Gasteiger partial charge in [0.15, 0.2) is 5.76 Å². The van der Waals surface area contributed by atoms with Gasteiger partial charge in [0.25, 0.3) is 0 Å². The molecule has 0 N–H and O–H groups in total. The summed E-state index contributed by atoms with van der Waals surface area (Å²) in [6.07, 6.45) is 2.90. The maximum absolute atomic E-state index is 13.4. The molecule has 0 atom stereocenters. The first-order valence-corrected chi connectivity index (χ1v) is 11.4. The van der Waals surface area contributed by atoms with Crippen LogP contribution in [0.2, 0.25) is 0 Å². The van der Waals surface area contributed by atoms with Crippen molar-refractivity contribution < 1.29 is 18.7 Å². The van der Waals surface area contributed by atoms with Crippen LogP contribution in [0.15, 0.2) is 82.0 Å². The number of aryl methyl sites for hydroxylation is 1. The lowest BCUT2D eigenvalue weighted by Gasteiger charge is -2.19. The first-order chi connectivity index (χ1) is 16.7. The standard InChI is InChI=1S/C30H28O5/c1-19-6-16-25-24(18-19)27(32)29(28(34-25)21-10-12-22(13-11-21)30(2,3)4)35-26(31)17-9-20-7-14-23(33-5)15-8-20/h6-18H,1-5H3. The van der Waals surface area contributed by atoms with Crippen LogP contribution >= 0.6 is 0 Å². The van der Waals surface area contributed by atoms with Gasteiger partial charge in [-0.3, -0.25) is 4.79 Å². The topological polar surface area (TPSA) is 65.7 Å². The van der Waals surface area contributed by atoms with Gasteiger partial charge in [0.2, 0.25) is 11.2 Å². The number of carbonyl (C=O) groups is 1. The molecule has 0 radical (unpaired) electrons. The Bertz CT molecular complexity index is 1450. The monoisotopic (exact) mass is 468 g/mol. The highest BCUT2D eigenvalue weighted by Crippen LogP contribution is 2.33. The van der Waals surface area contributed by atoms with Crippen LogP contribution in [0.5, 0.6) is 11.5 Å². The lowest BCUT2D eigenvalue weighted by atomic mass is 9.86. The maximum Gasteiger partial charge on any atom is 0.336 e. The average molecular weight is 469 g/mol. The molecule has 3 aromatic carbocycles. The first-order valence-electron chi connectivity index (χ1n) is 11.4. The molecule has 0 bridgehead atoms. The van der Waals surface area contributed by atoms with E-state index >= 15 is 0 Å². The molecule has 5 nitrogen and oxygen atoms in total. The number of fused-ring (bicyclic) bond motifs is 1. The summed E-state index contributed by atoms with van der Waals surface area (Å²) in [7, 11) is 1.59. The highest BCUT2D eigenvalue weighted by Gasteiger charge is 2.21. The lowest BCUT2D eigenvalue weighted by Crippen LogP contribution is -2.14. The summed E-state index contributed by atoms with van der Waals surface area (Å²) in [5, 5.41) is 0.363. The zero-order valence-electron chi connectivity index (χ0n) is 20.5. The van der Waals surface area contributed by atoms with E-state index in [1.165, 1.54) is 6.08 Å². The minimum Gasteiger partial charge on any atom is -0.497 e. The Labute approximate surface area is 204 Å². The van der Waals surface area contributed by atoms with E-state index in [0.29, 0.717) is 16.5 Å². The van der Waals surface area contributed by atoms with Crippen molar-refractivity contribution in [3.05, 3.63) is 99.7 Å². The van der Waals surface area contributed by atoms with Crippen molar-refractivity contribution in [2.75, 3.05) is 7.11 Å². The second-order valence-corrected chi connectivity index (χ2v) is 9.44. The molecule has 0 unspecified atom stereocenters. The number of benzene rings is 3. The number of methoxy groups -OCH3 is 1. The van der Waals surface area contributed by atoms with E-state index in [9.17, 15) is 9.59 Å². The minimum atomic E-state index is -0.673. The molecule has 4 aromatic rings. The van der Waals surface area contributed by atoms with Crippen LogP contribution in [0.3, 0.4) is 0 Å². The van der Waals surface area contributed by atoms with Gasteiger partial charge >= 0.3 is 5.97 Å². The van der Waals surface area contributed by atoms with Crippen LogP contribution in [0.4, 0.5) is 0 Å². The van der Waals surface area contributed by atoms with E-state index in [1.54, 1.807) is 37.5 Å². The predicted octanol–water partition coefficient (Wildman–Crippen LogP) is 6.69. The summed E-state index contributed by atoms with van der Waals surface area (Å²) in [5.41, 5.74) is 3.51. The van der Waals surface area contributed by atoms with Crippen LogP contribution in [0, 0.1) is 6.92 Å². The van der Waals surface area contributed by atoms with Gasteiger partial charge in [-0.1, -0.05) is 68.8 Å². The van der Waals surface area contributed by atoms with E-state index in [2.05, 4.69) is 20.8 Å². The lowest BCUT2D eigenvalue weighted by molar-refractivity contribution is -0.129. The van der Waals surface area contributed by atoms with Gasteiger partial charge < -0.3 is 13.9 Å². The third-order valence-corrected chi connectivity index (χ3v) is 5.75. The number of ether oxygens (including phenoxy) is 2. The number of hydrogen-bond donors (Lipinski definition) is 0. The molecule has 5 heteroatoms. The molecule has 1 aromatic heterocycles. The molecule has 0 fully saturated rings. The molecule has 4 rings (SSSR count). The second kappa shape index (κ2) is 9.63. The van der Waals surface area contributed by atoms with E-state index < -0.39 is 11.4 Å². The molecule has 0 amide bonds. The first kappa shape index (κ1) is 24.0. The molecular formula is C30H28O5. The van der Waals surface area contributed by atoms with Crippen molar-refractivity contribution in [3.8, 4) is 22.8 Å². The molecule has 0 aliphatic carbocycles. The normalized spacial score (nSPS) is 11.7. The van der Waals surface area contributed by atoms with Crippen LogP contribution in [0.25, 0.3) is 28.4 Å². The molecule has 0 aliphatic rings. The Hall–Kier alpha value is -4.12. The smallest absolute Gasteiger partial charge is 0.336 e. The molecule has 1 heterocycles. The number of carbonyl (C=O) groups excluding carboxylic acids is 1. The summed E-state index contributed by atoms with van der Waals surface area (Å²) >= 11 is 0. The van der Waals surface area contributed by atoms with Gasteiger partial charge in [-0.05, 0) is 53.8 Å². The van der Waals surface area contributed by atoms with Crippen molar-refractivity contribution in [3.63, 3.8) is 0 Å². The molecular weight excluding hydrogens is 440 g/mol. The summed E-state index contributed by atoms with van der Waals surface area (Å²) < 4.78 is 16.9. The third-order valence-electron chi connectivity index (χ3n) is 5.75. The Morgan fingerprint density at radius 3 is 2.26 bits per heavy atom. The Morgan fingerprint density at radius 2 is 1.63 bits per heavy atom. The summed E-state index contributed by atoms with van der Waals surface area (Å²) in [6, 6.07) is 20.3. The number of rotatable bonds is 5. The zero-order chi connectivity index (χ0) is 25.2. The third kappa shape index (κ3) is 5.35. The largest absolute Gasteiger partial charge is 0.497 e. The number of hydrogen-bond acceptors (Lipinski definition) is 5. The summed E-state index contributed by atoms with van der Waals surface area (Å²) in [5.74, 6) is 0.137. The van der Waals surface area contributed by atoms with Crippen LogP contribution in [-0.4, -0.2) is 13.1 Å². The predicted molar refractivity (Wildman–Crippen MR) is 139 cm³/mol. The molecule has 0 aliphatic heterocycles. The van der Waals surface area contributed by atoms with Crippen LogP contribution in [-0.2, 0) is 10.2 Å². The average Bonchev–Trinajstić information content (AvgIpc) is 2.84. The molecule has 178 valence electrons. The van der Waals surface area contributed by atoms with E-state index in [-0.39, 0.29) is 16.9 Å². The Balaban J connectivity index is 1.74. The van der Waals surface area contributed by atoms with Gasteiger partial charge in [-0.25, -0.2) is 4.79 Å². The zero-order valence-corrected chi connectivity index (χ0v) is 20.5. The van der Waals surface area contributed by atoms with Gasteiger partial charge in [0.05, 0.1) is 12.5 Å². The SMILES string of the molecule is COc1ccc(C=CC(=O)Oc2c(-c3ccc(C(C)(C)C)cc3)oc3ccc(C)cc3c2=O)cc1. The van der Waals surface area contributed by atoms with Gasteiger partial charge in [-0.15, -0.1) is 0 Å². The van der Waals surface area contributed by atoms with Gasteiger partial charge in [0, 0.05) is 11.6 Å². The molecule has 0 saturated heterocycles. The van der Waals surface area contributed by atoms with Gasteiger partial charge in [0.1, 0.15) is 11.3 Å². The fourth-order valence-electron chi connectivity index (χ4n) is 3.71. The minimum absolute atomic E-state index is 0.0260. The van der Waals surface area contributed by atoms with E-state index in [4.69, 9.17) is 13.9 Å². The van der Waals surface area contributed by atoms with Crippen molar-refractivity contribution in [1.82, 2.24) is 0 Å². The van der Waals surface area contributed by atoms with E-state index in [1.807, 2.05) is 49.4 Å². The van der Waals surface area contributed by atoms with Crippen molar-refractivity contribution in [2.45, 2.75) is 33.1 Å². The quantitative estimate of drug-likeness (QED) is 0.241. The fourth-order valence-corrected chi connectivity index (χ4v) is 3.71. The molecule has 0 saturated carbocycles. The highest BCUT2D eigenvalue weighted by atomic mass is 16.5. The molecule has 35 heavy (non-hydrogen) atoms. The van der Waals surface area contributed by atoms with Crippen molar-refractivity contribution >= 4 is 23.0 Å². The van der Waals surface area contributed by atoms with Crippen LogP contribution < -0.4 is 14.9 Å². The van der Waals surface area contributed by atoms with Crippen molar-refractivity contribution in [1.29, 1.82) is 0 Å². The molecule has 0 spiro atoms. The van der Waals surface area contributed by atoms with E-state index in [0.717, 1.165) is 22.4 Å². The second-order valence-electron chi connectivity index (χ2n) is 9.44. The summed E-state index contributed by atoms with van der Waals surface area (Å²) in [6.45, 7) is 8.27. The summed E-state index contributed by atoms with van der Waals surface area (Å²) in [4.78, 5) is 26.1. The number of esters is 1. The maximum atomic E-state index is 13.4. The Kier molecular flexibility index (Phi) is 6.61. The van der Waals surface area contributed by atoms with Crippen molar-refractivity contribution in [2.24, 2.45) is 0 Å². The fraction of sp³-hybridized carbons (Fsp3) is 0.200. The van der Waals surface area contributed by atoms with Crippen LogP contribution in [0.1, 0.15) is 37.5 Å². The van der Waals surface area contributed by atoms with Gasteiger partial charge in [-0.2, -0.15) is 0 Å². The Morgan fingerprint density at radius 1 is 0.943 bits per heavy atom.